The molecule has 0 heterocycles. The lowest BCUT2D eigenvalue weighted by atomic mass is 9.83. The highest BCUT2D eigenvalue weighted by Crippen LogP contribution is 2.30. The lowest BCUT2D eigenvalue weighted by Gasteiger charge is -2.24. The van der Waals surface area contributed by atoms with Gasteiger partial charge in [0.25, 0.3) is 0 Å². The SMILES string of the molecule is COCCc1ccc(C(N)CC2CCCCC2)cc1. The van der Waals surface area contributed by atoms with Gasteiger partial charge in [-0.1, -0.05) is 56.4 Å². The van der Waals surface area contributed by atoms with Gasteiger partial charge in [-0.3, -0.25) is 0 Å². The molecule has 1 atom stereocenters. The second-order valence-electron chi connectivity index (χ2n) is 5.83. The number of rotatable bonds is 6. The Kier molecular flexibility index (Phi) is 5.87. The molecule has 2 heteroatoms. The number of benzene rings is 1. The molecular formula is C17H27NO. The molecule has 1 aliphatic carbocycles. The van der Waals surface area contributed by atoms with Crippen molar-refractivity contribution < 1.29 is 4.74 Å². The van der Waals surface area contributed by atoms with Crippen LogP contribution in [-0.4, -0.2) is 13.7 Å². The van der Waals surface area contributed by atoms with Gasteiger partial charge in [-0.05, 0) is 29.9 Å². The maximum atomic E-state index is 6.35. The van der Waals surface area contributed by atoms with Gasteiger partial charge in [-0.15, -0.1) is 0 Å². The van der Waals surface area contributed by atoms with E-state index in [2.05, 4.69) is 24.3 Å². The largest absolute Gasteiger partial charge is 0.384 e. The normalized spacial score (nSPS) is 18.4. The van der Waals surface area contributed by atoms with Crippen LogP contribution in [0.2, 0.25) is 0 Å². The van der Waals surface area contributed by atoms with Crippen LogP contribution >= 0.6 is 0 Å². The summed E-state index contributed by atoms with van der Waals surface area (Å²) in [4.78, 5) is 0. The summed E-state index contributed by atoms with van der Waals surface area (Å²) in [5, 5.41) is 0. The van der Waals surface area contributed by atoms with E-state index in [1.54, 1.807) is 7.11 Å². The molecule has 1 aromatic carbocycles. The highest BCUT2D eigenvalue weighted by molar-refractivity contribution is 5.25. The van der Waals surface area contributed by atoms with Crippen molar-refractivity contribution >= 4 is 0 Å². The van der Waals surface area contributed by atoms with Crippen molar-refractivity contribution in [3.05, 3.63) is 35.4 Å². The summed E-state index contributed by atoms with van der Waals surface area (Å²) in [6.07, 6.45) is 9.09. The summed E-state index contributed by atoms with van der Waals surface area (Å²) in [5.74, 6) is 0.844. The summed E-state index contributed by atoms with van der Waals surface area (Å²) in [5.41, 5.74) is 8.96. The van der Waals surface area contributed by atoms with Crippen LogP contribution in [0, 0.1) is 5.92 Å². The third-order valence-electron chi connectivity index (χ3n) is 4.31. The first-order valence-corrected chi connectivity index (χ1v) is 7.63. The average Bonchev–Trinajstić information content (AvgIpc) is 2.46. The summed E-state index contributed by atoms with van der Waals surface area (Å²) in [6, 6.07) is 8.97. The number of hydrogen-bond acceptors (Lipinski definition) is 2. The molecule has 0 amide bonds. The molecule has 1 saturated carbocycles. The van der Waals surface area contributed by atoms with E-state index >= 15 is 0 Å². The van der Waals surface area contributed by atoms with Gasteiger partial charge in [0, 0.05) is 13.2 Å². The van der Waals surface area contributed by atoms with E-state index in [0.29, 0.717) is 0 Å². The fraction of sp³-hybridized carbons (Fsp3) is 0.647. The van der Waals surface area contributed by atoms with Gasteiger partial charge >= 0.3 is 0 Å². The van der Waals surface area contributed by atoms with Crippen LogP contribution in [0.5, 0.6) is 0 Å². The van der Waals surface area contributed by atoms with Crippen molar-refractivity contribution in [2.24, 2.45) is 11.7 Å². The van der Waals surface area contributed by atoms with E-state index in [1.165, 1.54) is 43.2 Å². The van der Waals surface area contributed by atoms with Crippen LogP contribution < -0.4 is 5.73 Å². The smallest absolute Gasteiger partial charge is 0.0502 e. The van der Waals surface area contributed by atoms with E-state index in [1.807, 2.05) is 0 Å². The van der Waals surface area contributed by atoms with E-state index in [4.69, 9.17) is 10.5 Å². The molecule has 0 radical (unpaired) electrons. The molecule has 106 valence electrons. The zero-order valence-corrected chi connectivity index (χ0v) is 12.1. The second kappa shape index (κ2) is 7.66. The third-order valence-corrected chi connectivity index (χ3v) is 4.31. The van der Waals surface area contributed by atoms with Crippen LogP contribution in [0.4, 0.5) is 0 Å². The molecule has 0 aliphatic heterocycles. The summed E-state index contributed by atoms with van der Waals surface area (Å²) in [7, 11) is 1.74. The maximum absolute atomic E-state index is 6.35. The molecular weight excluding hydrogens is 234 g/mol. The van der Waals surface area contributed by atoms with Gasteiger partial charge in [0.1, 0.15) is 0 Å². The summed E-state index contributed by atoms with van der Waals surface area (Å²) >= 11 is 0. The van der Waals surface area contributed by atoms with Crippen molar-refractivity contribution in [1.29, 1.82) is 0 Å². The predicted molar refractivity (Wildman–Crippen MR) is 80.1 cm³/mol. The molecule has 19 heavy (non-hydrogen) atoms. The molecule has 2 rings (SSSR count). The maximum Gasteiger partial charge on any atom is 0.0502 e. The highest BCUT2D eigenvalue weighted by Gasteiger charge is 2.17. The van der Waals surface area contributed by atoms with E-state index in [9.17, 15) is 0 Å². The first-order valence-electron chi connectivity index (χ1n) is 7.63. The van der Waals surface area contributed by atoms with Crippen LogP contribution in [0.3, 0.4) is 0 Å². The Morgan fingerprint density at radius 3 is 2.47 bits per heavy atom. The van der Waals surface area contributed by atoms with Crippen LogP contribution in [-0.2, 0) is 11.2 Å². The van der Waals surface area contributed by atoms with Crippen molar-refractivity contribution in [3.63, 3.8) is 0 Å². The molecule has 1 aromatic rings. The molecule has 0 aromatic heterocycles. The first kappa shape index (κ1) is 14.5. The number of hydrogen-bond donors (Lipinski definition) is 1. The minimum absolute atomic E-state index is 0.208. The lowest BCUT2D eigenvalue weighted by Crippen LogP contribution is -2.17. The molecule has 1 aliphatic rings. The molecule has 2 N–H and O–H groups in total. The second-order valence-corrected chi connectivity index (χ2v) is 5.83. The van der Waals surface area contributed by atoms with E-state index in [0.717, 1.165) is 25.4 Å². The molecule has 0 spiro atoms. The number of methoxy groups -OCH3 is 1. The van der Waals surface area contributed by atoms with Crippen LogP contribution in [0.15, 0.2) is 24.3 Å². The predicted octanol–water partition coefficient (Wildman–Crippen LogP) is 3.85. The van der Waals surface area contributed by atoms with E-state index < -0.39 is 0 Å². The van der Waals surface area contributed by atoms with Crippen LogP contribution in [0.25, 0.3) is 0 Å². The molecule has 1 unspecified atom stereocenters. The zero-order chi connectivity index (χ0) is 13.5. The Labute approximate surface area is 117 Å². The topological polar surface area (TPSA) is 35.2 Å². The minimum Gasteiger partial charge on any atom is -0.384 e. The van der Waals surface area contributed by atoms with Crippen molar-refractivity contribution in [2.75, 3.05) is 13.7 Å². The fourth-order valence-electron chi connectivity index (χ4n) is 3.07. The molecule has 1 fully saturated rings. The number of nitrogens with two attached hydrogens (primary N) is 1. The first-order chi connectivity index (χ1) is 9.29. The Bertz CT molecular complexity index is 354. The van der Waals surface area contributed by atoms with Gasteiger partial charge in [0.15, 0.2) is 0 Å². The molecule has 0 saturated heterocycles. The third kappa shape index (κ3) is 4.63. The van der Waals surface area contributed by atoms with Crippen LogP contribution in [0.1, 0.15) is 55.7 Å². The molecule has 2 nitrogen and oxygen atoms in total. The quantitative estimate of drug-likeness (QED) is 0.844. The monoisotopic (exact) mass is 261 g/mol. The lowest BCUT2D eigenvalue weighted by molar-refractivity contribution is 0.202. The standard InChI is InChI=1S/C17H27NO/c1-19-12-11-14-7-9-16(10-8-14)17(18)13-15-5-3-2-4-6-15/h7-10,15,17H,2-6,11-13,18H2,1H3. The van der Waals surface area contributed by atoms with Gasteiger partial charge in [0.2, 0.25) is 0 Å². The Hall–Kier alpha value is -0.860. The summed E-state index contributed by atoms with van der Waals surface area (Å²) < 4.78 is 5.10. The summed E-state index contributed by atoms with van der Waals surface area (Å²) in [6.45, 7) is 0.785. The Balaban J connectivity index is 1.85. The highest BCUT2D eigenvalue weighted by atomic mass is 16.5. The van der Waals surface area contributed by atoms with Crippen molar-refractivity contribution in [2.45, 2.75) is 51.0 Å². The van der Waals surface area contributed by atoms with Gasteiger partial charge in [0.05, 0.1) is 6.61 Å². The average molecular weight is 261 g/mol. The van der Waals surface area contributed by atoms with E-state index in [-0.39, 0.29) is 6.04 Å². The molecule has 0 bridgehead atoms. The Morgan fingerprint density at radius 1 is 1.16 bits per heavy atom. The van der Waals surface area contributed by atoms with Gasteiger partial charge < -0.3 is 10.5 Å². The fourth-order valence-corrected chi connectivity index (χ4v) is 3.07. The Morgan fingerprint density at radius 2 is 1.84 bits per heavy atom. The van der Waals surface area contributed by atoms with Gasteiger partial charge in [-0.25, -0.2) is 0 Å². The van der Waals surface area contributed by atoms with Crippen molar-refractivity contribution in [1.82, 2.24) is 0 Å². The number of ether oxygens (including phenoxy) is 1. The zero-order valence-electron chi connectivity index (χ0n) is 12.1. The minimum atomic E-state index is 0.208. The van der Waals surface area contributed by atoms with Gasteiger partial charge in [-0.2, -0.15) is 0 Å². The van der Waals surface area contributed by atoms with Crippen molar-refractivity contribution in [3.8, 4) is 0 Å².